The number of fused-ring (bicyclic) bond motifs is 1. The highest BCUT2D eigenvalue weighted by molar-refractivity contribution is 5.44. The molecule has 160 valence electrons. The maximum Gasteiger partial charge on any atom is 0.204 e. The lowest BCUT2D eigenvalue weighted by molar-refractivity contribution is 0.123. The molecule has 2 aliphatic carbocycles. The van der Waals surface area contributed by atoms with Gasteiger partial charge in [0, 0.05) is 12.0 Å². The van der Waals surface area contributed by atoms with Crippen molar-refractivity contribution in [1.29, 1.82) is 0 Å². The average molecular weight is 406 g/mol. The summed E-state index contributed by atoms with van der Waals surface area (Å²) in [6, 6.07) is 1.60. The molecule has 29 heavy (non-hydrogen) atoms. The largest absolute Gasteiger partial charge is 0.490 e. The van der Waals surface area contributed by atoms with Gasteiger partial charge < -0.3 is 9.47 Å². The van der Waals surface area contributed by atoms with Crippen LogP contribution >= 0.6 is 0 Å². The number of hydrogen-bond donors (Lipinski definition) is 0. The highest BCUT2D eigenvalue weighted by Crippen LogP contribution is 2.42. The molecule has 0 amide bonds. The normalized spacial score (nSPS) is 32.2. The predicted octanol–water partition coefficient (Wildman–Crippen LogP) is 6.33. The molecule has 3 aliphatic rings. The number of nitrogens with zero attached hydrogens (tertiary/aromatic N) is 1. The van der Waals surface area contributed by atoms with E-state index in [1.807, 2.05) is 0 Å². The van der Waals surface area contributed by atoms with E-state index in [4.69, 9.17) is 9.47 Å². The van der Waals surface area contributed by atoms with Gasteiger partial charge in [0.05, 0.1) is 6.61 Å². The summed E-state index contributed by atoms with van der Waals surface area (Å²) >= 11 is 0. The molecular weight excluding hydrogens is 372 g/mol. The fourth-order valence-corrected chi connectivity index (χ4v) is 5.45. The van der Waals surface area contributed by atoms with E-state index in [2.05, 4.69) is 18.6 Å². The number of rotatable bonds is 5. The molecule has 1 aliphatic heterocycles. The van der Waals surface area contributed by atoms with E-state index < -0.39 is 17.9 Å². The molecule has 1 heterocycles. The molecule has 0 saturated heterocycles. The lowest BCUT2D eigenvalue weighted by atomic mass is 9.69. The smallest absolute Gasteiger partial charge is 0.204 e. The van der Waals surface area contributed by atoms with Crippen molar-refractivity contribution in [2.45, 2.75) is 77.4 Å². The Balaban J connectivity index is 1.31. The molecule has 1 aromatic carbocycles. The predicted molar refractivity (Wildman–Crippen MR) is 111 cm³/mol. The van der Waals surface area contributed by atoms with Crippen molar-refractivity contribution in [3.63, 3.8) is 0 Å². The number of halogens is 2. The van der Waals surface area contributed by atoms with Gasteiger partial charge in [0.25, 0.3) is 0 Å². The van der Waals surface area contributed by atoms with Crippen molar-refractivity contribution >= 4 is 6.72 Å². The number of ether oxygens (including phenoxy) is 2. The van der Waals surface area contributed by atoms with Crippen molar-refractivity contribution in [1.82, 2.24) is 0 Å². The second-order valence-electron chi connectivity index (χ2n) is 9.40. The minimum atomic E-state index is -0.971. The van der Waals surface area contributed by atoms with E-state index in [0.29, 0.717) is 30.9 Å². The van der Waals surface area contributed by atoms with Gasteiger partial charge >= 0.3 is 0 Å². The van der Waals surface area contributed by atoms with Crippen LogP contribution in [0.1, 0.15) is 70.3 Å². The van der Waals surface area contributed by atoms with Crippen molar-refractivity contribution in [2.24, 2.45) is 28.7 Å². The van der Waals surface area contributed by atoms with Crippen molar-refractivity contribution in [3.05, 3.63) is 23.3 Å². The molecule has 0 N–H and O–H groups in total. The monoisotopic (exact) mass is 405 g/mol. The zero-order valence-electron chi connectivity index (χ0n) is 17.5. The molecule has 5 heteroatoms. The van der Waals surface area contributed by atoms with E-state index in [9.17, 15) is 8.78 Å². The first-order valence-corrected chi connectivity index (χ1v) is 11.3. The third-order valence-electron chi connectivity index (χ3n) is 7.42. The summed E-state index contributed by atoms with van der Waals surface area (Å²) in [7, 11) is 0. The first-order chi connectivity index (χ1) is 14.0. The number of hydrogen-bond acceptors (Lipinski definition) is 3. The number of benzene rings is 1. The van der Waals surface area contributed by atoms with Crippen LogP contribution in [0.15, 0.2) is 11.1 Å². The minimum Gasteiger partial charge on any atom is -0.490 e. The van der Waals surface area contributed by atoms with Gasteiger partial charge in [-0.25, -0.2) is 0 Å². The Labute approximate surface area is 172 Å². The Morgan fingerprint density at radius 3 is 2.31 bits per heavy atom. The first-order valence-electron chi connectivity index (χ1n) is 11.3. The molecule has 2 saturated carbocycles. The fraction of sp³-hybridized carbons (Fsp3) is 0.708. The Morgan fingerprint density at radius 2 is 1.66 bits per heavy atom. The van der Waals surface area contributed by atoms with Gasteiger partial charge in [-0.3, -0.25) is 4.99 Å². The van der Waals surface area contributed by atoms with E-state index in [-0.39, 0.29) is 11.5 Å². The van der Waals surface area contributed by atoms with Crippen LogP contribution in [0.2, 0.25) is 0 Å². The van der Waals surface area contributed by atoms with Crippen LogP contribution in [0, 0.1) is 35.3 Å². The topological polar surface area (TPSA) is 30.8 Å². The lowest BCUT2D eigenvalue weighted by Crippen LogP contribution is -2.27. The van der Waals surface area contributed by atoms with Crippen LogP contribution in [0.25, 0.3) is 0 Å². The molecule has 3 nitrogen and oxygen atoms in total. The SMILES string of the molecule is C=NC1CCc2cc(OCC3CCC(C4CCC(C)CC4)CC3)c(F)c(F)c2O1. The van der Waals surface area contributed by atoms with Gasteiger partial charge in [-0.15, -0.1) is 0 Å². The molecular formula is C24H33F2NO2. The minimum absolute atomic E-state index is 0.0123. The zero-order chi connectivity index (χ0) is 20.4. The van der Waals surface area contributed by atoms with Gasteiger partial charge in [0.15, 0.2) is 17.7 Å². The first kappa shape index (κ1) is 20.6. The van der Waals surface area contributed by atoms with Crippen molar-refractivity contribution in [2.75, 3.05) is 6.61 Å². The molecule has 0 bridgehead atoms. The molecule has 2 fully saturated rings. The highest BCUT2D eigenvalue weighted by atomic mass is 19.2. The fourth-order valence-electron chi connectivity index (χ4n) is 5.45. The lowest BCUT2D eigenvalue weighted by Gasteiger charge is -2.37. The third kappa shape index (κ3) is 4.59. The zero-order valence-corrected chi connectivity index (χ0v) is 17.5. The molecule has 1 unspecified atom stereocenters. The van der Waals surface area contributed by atoms with E-state index in [1.165, 1.54) is 38.5 Å². The second kappa shape index (κ2) is 9.01. The standard InChI is InChI=1S/C24H33F2NO2/c1-15-3-7-17(8-4-15)18-9-5-16(6-10-18)14-28-20-13-19-11-12-21(27-2)29-24(19)23(26)22(20)25/h13,15-18,21H,2-12,14H2,1H3. The van der Waals surface area contributed by atoms with Crippen LogP contribution in [0.3, 0.4) is 0 Å². The van der Waals surface area contributed by atoms with Gasteiger partial charge in [-0.2, -0.15) is 8.78 Å². The number of aliphatic imine (C=N–C) groups is 1. The van der Waals surface area contributed by atoms with E-state index >= 15 is 0 Å². The summed E-state index contributed by atoms with van der Waals surface area (Å²) in [4.78, 5) is 3.79. The molecule has 1 atom stereocenters. The van der Waals surface area contributed by atoms with Gasteiger partial charge in [-0.1, -0.05) is 19.8 Å². The molecule has 1 aromatic rings. The Kier molecular flexibility index (Phi) is 6.41. The quantitative estimate of drug-likeness (QED) is 0.536. The maximum absolute atomic E-state index is 14.5. The van der Waals surface area contributed by atoms with Crippen LogP contribution in [0.4, 0.5) is 8.78 Å². The summed E-state index contributed by atoms with van der Waals surface area (Å²) in [5.74, 6) is 1.11. The van der Waals surface area contributed by atoms with Crippen molar-refractivity contribution < 1.29 is 18.3 Å². The molecule has 4 rings (SSSR count). The van der Waals surface area contributed by atoms with E-state index in [0.717, 1.165) is 30.6 Å². The van der Waals surface area contributed by atoms with Crippen molar-refractivity contribution in [3.8, 4) is 11.5 Å². The Hall–Kier alpha value is -1.65. The van der Waals surface area contributed by atoms with Crippen LogP contribution < -0.4 is 9.47 Å². The van der Waals surface area contributed by atoms with Gasteiger partial charge in [0.2, 0.25) is 11.6 Å². The molecule has 0 radical (unpaired) electrons. The van der Waals surface area contributed by atoms with Gasteiger partial charge in [-0.05, 0) is 81.4 Å². The Morgan fingerprint density at radius 1 is 1.00 bits per heavy atom. The second-order valence-corrected chi connectivity index (χ2v) is 9.40. The molecule has 0 spiro atoms. The average Bonchev–Trinajstić information content (AvgIpc) is 2.76. The highest BCUT2D eigenvalue weighted by Gasteiger charge is 2.31. The van der Waals surface area contributed by atoms with Crippen LogP contribution in [-0.4, -0.2) is 19.6 Å². The molecule has 0 aromatic heterocycles. The van der Waals surface area contributed by atoms with E-state index in [1.54, 1.807) is 6.07 Å². The van der Waals surface area contributed by atoms with Crippen LogP contribution in [-0.2, 0) is 6.42 Å². The summed E-state index contributed by atoms with van der Waals surface area (Å²) < 4.78 is 40.1. The summed E-state index contributed by atoms with van der Waals surface area (Å²) in [6.07, 6.45) is 11.0. The summed E-state index contributed by atoms with van der Waals surface area (Å²) in [6.45, 7) is 6.26. The van der Waals surface area contributed by atoms with Gasteiger partial charge in [0.1, 0.15) is 0 Å². The maximum atomic E-state index is 14.5. The van der Waals surface area contributed by atoms with Crippen LogP contribution in [0.5, 0.6) is 11.5 Å². The summed E-state index contributed by atoms with van der Waals surface area (Å²) in [5, 5.41) is 0. The Bertz CT molecular complexity index is 722. The summed E-state index contributed by atoms with van der Waals surface area (Å²) in [5.41, 5.74) is 0.647. The number of aryl methyl sites for hydroxylation is 1. The third-order valence-corrected chi connectivity index (χ3v) is 7.42.